The van der Waals surface area contributed by atoms with Gasteiger partial charge in [-0.1, -0.05) is 0 Å². The van der Waals surface area contributed by atoms with Crippen molar-refractivity contribution >= 4 is 29.1 Å². The van der Waals surface area contributed by atoms with E-state index in [4.69, 9.17) is 5.73 Å². The molecule has 0 amide bonds. The van der Waals surface area contributed by atoms with Crippen molar-refractivity contribution in [1.82, 2.24) is 9.13 Å². The van der Waals surface area contributed by atoms with Gasteiger partial charge >= 0.3 is 0 Å². The molecule has 1 saturated carbocycles. The monoisotopic (exact) mass is 253 g/mol. The molecule has 2 aromatic rings. The van der Waals surface area contributed by atoms with E-state index in [1.54, 1.807) is 6.07 Å². The van der Waals surface area contributed by atoms with Gasteiger partial charge in [0.05, 0.1) is 10.9 Å². The standard InChI is InChI=1S/C12H15N3O.ClH/c1-14-10-5-6-15(8-3-2-4-8)12(16)9(10)7-11(14)13;/h5-8H,2-4,13H2,1H3;1H. The summed E-state index contributed by atoms with van der Waals surface area (Å²) in [7, 11) is 1.88. The van der Waals surface area contributed by atoms with Crippen molar-refractivity contribution in [2.45, 2.75) is 25.3 Å². The number of halogens is 1. The highest BCUT2D eigenvalue weighted by atomic mass is 35.5. The lowest BCUT2D eigenvalue weighted by Crippen LogP contribution is -2.28. The van der Waals surface area contributed by atoms with Gasteiger partial charge in [0.25, 0.3) is 5.56 Å². The van der Waals surface area contributed by atoms with Gasteiger partial charge in [0.1, 0.15) is 5.82 Å². The van der Waals surface area contributed by atoms with Crippen molar-refractivity contribution in [3.05, 3.63) is 28.7 Å². The molecule has 3 rings (SSSR count). The van der Waals surface area contributed by atoms with Gasteiger partial charge in [0, 0.05) is 19.3 Å². The Bertz CT molecular complexity index is 610. The third-order valence-electron chi connectivity index (χ3n) is 3.64. The Morgan fingerprint density at radius 2 is 2.12 bits per heavy atom. The van der Waals surface area contributed by atoms with Crippen molar-refractivity contribution in [3.63, 3.8) is 0 Å². The maximum absolute atomic E-state index is 12.2. The quantitative estimate of drug-likeness (QED) is 0.846. The average molecular weight is 254 g/mol. The first kappa shape index (κ1) is 12.0. The fourth-order valence-corrected chi connectivity index (χ4v) is 2.32. The maximum atomic E-state index is 12.2. The van der Waals surface area contributed by atoms with Crippen LogP contribution in [-0.2, 0) is 7.05 Å². The Kier molecular flexibility index (Phi) is 2.91. The van der Waals surface area contributed by atoms with Crippen molar-refractivity contribution in [2.24, 2.45) is 7.05 Å². The van der Waals surface area contributed by atoms with E-state index < -0.39 is 0 Å². The Balaban J connectivity index is 0.00000108. The third-order valence-corrected chi connectivity index (χ3v) is 3.64. The number of aryl methyl sites for hydroxylation is 1. The summed E-state index contributed by atoms with van der Waals surface area (Å²) in [4.78, 5) is 12.2. The molecule has 17 heavy (non-hydrogen) atoms. The lowest BCUT2D eigenvalue weighted by Gasteiger charge is -2.27. The van der Waals surface area contributed by atoms with E-state index in [-0.39, 0.29) is 18.0 Å². The summed E-state index contributed by atoms with van der Waals surface area (Å²) in [5, 5.41) is 0.731. The summed E-state index contributed by atoms with van der Waals surface area (Å²) in [6, 6.07) is 4.15. The summed E-state index contributed by atoms with van der Waals surface area (Å²) in [5.41, 5.74) is 6.82. The Hall–Kier alpha value is -1.42. The van der Waals surface area contributed by atoms with Gasteiger partial charge in [-0.05, 0) is 31.4 Å². The minimum atomic E-state index is 0. The number of hydrogen-bond acceptors (Lipinski definition) is 2. The molecule has 5 heteroatoms. The maximum Gasteiger partial charge on any atom is 0.260 e. The number of anilines is 1. The summed E-state index contributed by atoms with van der Waals surface area (Å²) in [6.45, 7) is 0. The van der Waals surface area contributed by atoms with E-state index in [9.17, 15) is 4.79 Å². The highest BCUT2D eigenvalue weighted by Gasteiger charge is 2.21. The highest BCUT2D eigenvalue weighted by Crippen LogP contribution is 2.30. The first-order valence-corrected chi connectivity index (χ1v) is 5.64. The molecular weight excluding hydrogens is 238 g/mol. The van der Waals surface area contributed by atoms with Gasteiger partial charge in [-0.3, -0.25) is 4.79 Å². The molecule has 0 radical (unpaired) electrons. The van der Waals surface area contributed by atoms with Crippen LogP contribution in [0.5, 0.6) is 0 Å². The van der Waals surface area contributed by atoms with Crippen LogP contribution in [0.2, 0.25) is 0 Å². The molecule has 2 heterocycles. The van der Waals surface area contributed by atoms with Crippen LogP contribution in [0, 0.1) is 0 Å². The smallest absolute Gasteiger partial charge is 0.260 e. The van der Waals surface area contributed by atoms with Crippen LogP contribution in [0.4, 0.5) is 5.82 Å². The predicted octanol–water partition coefficient (Wildman–Crippen LogP) is 2.07. The zero-order valence-electron chi connectivity index (χ0n) is 9.72. The number of pyridine rings is 1. The molecule has 2 N–H and O–H groups in total. The van der Waals surface area contributed by atoms with Crippen LogP contribution in [0.1, 0.15) is 25.3 Å². The zero-order valence-corrected chi connectivity index (χ0v) is 10.5. The molecule has 0 bridgehead atoms. The number of hydrogen-bond donors (Lipinski definition) is 1. The van der Waals surface area contributed by atoms with Gasteiger partial charge in [-0.15, -0.1) is 12.4 Å². The largest absolute Gasteiger partial charge is 0.385 e. The van der Waals surface area contributed by atoms with E-state index in [2.05, 4.69) is 0 Å². The second kappa shape index (κ2) is 4.11. The first-order chi connectivity index (χ1) is 7.68. The minimum absolute atomic E-state index is 0. The fourth-order valence-electron chi connectivity index (χ4n) is 2.32. The summed E-state index contributed by atoms with van der Waals surface area (Å²) >= 11 is 0. The van der Waals surface area contributed by atoms with Crippen LogP contribution in [0.3, 0.4) is 0 Å². The second-order valence-corrected chi connectivity index (χ2v) is 4.54. The Morgan fingerprint density at radius 3 is 2.71 bits per heavy atom. The molecule has 1 aliphatic carbocycles. The molecule has 0 aromatic carbocycles. The van der Waals surface area contributed by atoms with Crippen LogP contribution in [-0.4, -0.2) is 9.13 Å². The number of nitrogen functional groups attached to an aromatic ring is 1. The molecule has 0 saturated heterocycles. The van der Waals surface area contributed by atoms with Gasteiger partial charge in [0.15, 0.2) is 0 Å². The van der Waals surface area contributed by atoms with Crippen molar-refractivity contribution < 1.29 is 0 Å². The van der Waals surface area contributed by atoms with Crippen LogP contribution in [0.25, 0.3) is 10.9 Å². The number of aromatic nitrogens is 2. The van der Waals surface area contributed by atoms with E-state index in [0.717, 1.165) is 23.7 Å². The van der Waals surface area contributed by atoms with E-state index in [1.807, 2.05) is 28.4 Å². The molecule has 0 spiro atoms. The van der Waals surface area contributed by atoms with E-state index >= 15 is 0 Å². The highest BCUT2D eigenvalue weighted by molar-refractivity contribution is 5.85. The van der Waals surface area contributed by atoms with Gasteiger partial charge < -0.3 is 14.9 Å². The van der Waals surface area contributed by atoms with Crippen molar-refractivity contribution in [2.75, 3.05) is 5.73 Å². The van der Waals surface area contributed by atoms with Crippen LogP contribution < -0.4 is 11.3 Å². The molecule has 92 valence electrons. The summed E-state index contributed by atoms with van der Waals surface area (Å²) in [5.74, 6) is 0.637. The molecule has 4 nitrogen and oxygen atoms in total. The topological polar surface area (TPSA) is 52.9 Å². The lowest BCUT2D eigenvalue weighted by molar-refractivity contribution is 0.307. The zero-order chi connectivity index (χ0) is 11.3. The minimum Gasteiger partial charge on any atom is -0.385 e. The molecule has 1 aliphatic rings. The van der Waals surface area contributed by atoms with Crippen LogP contribution >= 0.6 is 12.4 Å². The molecule has 1 fully saturated rings. The van der Waals surface area contributed by atoms with Crippen molar-refractivity contribution in [1.29, 1.82) is 0 Å². The number of rotatable bonds is 1. The van der Waals surface area contributed by atoms with Gasteiger partial charge in [0.2, 0.25) is 0 Å². The molecule has 0 unspecified atom stereocenters. The van der Waals surface area contributed by atoms with Crippen LogP contribution in [0.15, 0.2) is 23.1 Å². The summed E-state index contributed by atoms with van der Waals surface area (Å²) < 4.78 is 3.70. The number of nitrogens with zero attached hydrogens (tertiary/aromatic N) is 2. The van der Waals surface area contributed by atoms with E-state index in [0.29, 0.717) is 11.9 Å². The molecule has 0 atom stereocenters. The average Bonchev–Trinajstić information content (AvgIpc) is 2.47. The normalized spacial score (nSPS) is 15.6. The number of nitrogens with two attached hydrogens (primary N) is 1. The number of fused-ring (bicyclic) bond motifs is 1. The van der Waals surface area contributed by atoms with Crippen molar-refractivity contribution in [3.8, 4) is 0 Å². The Labute approximate surface area is 105 Å². The van der Waals surface area contributed by atoms with E-state index in [1.165, 1.54) is 6.42 Å². The first-order valence-electron chi connectivity index (χ1n) is 5.64. The SMILES string of the molecule is Cl.Cn1c(N)cc2c(=O)n(C3CCC3)ccc21. The summed E-state index contributed by atoms with van der Waals surface area (Å²) in [6.07, 6.45) is 5.36. The lowest BCUT2D eigenvalue weighted by atomic mass is 9.93. The van der Waals surface area contributed by atoms with Gasteiger partial charge in [-0.25, -0.2) is 0 Å². The molecule has 0 aliphatic heterocycles. The molecular formula is C12H16ClN3O. The third kappa shape index (κ3) is 1.63. The fraction of sp³-hybridized carbons (Fsp3) is 0.417. The second-order valence-electron chi connectivity index (χ2n) is 4.54. The van der Waals surface area contributed by atoms with Gasteiger partial charge in [-0.2, -0.15) is 0 Å². The predicted molar refractivity (Wildman–Crippen MR) is 71.7 cm³/mol. The molecule has 2 aromatic heterocycles. The Morgan fingerprint density at radius 1 is 1.41 bits per heavy atom.